The van der Waals surface area contributed by atoms with E-state index in [1.165, 1.54) is 0 Å². The lowest BCUT2D eigenvalue weighted by Crippen LogP contribution is -2.57. The molecule has 0 saturated heterocycles. The molecule has 1 N–H and O–H groups in total. The van der Waals surface area contributed by atoms with Gasteiger partial charge in [0.1, 0.15) is 5.60 Å². The molecule has 0 aliphatic carbocycles. The Morgan fingerprint density at radius 3 is 1.43 bits per heavy atom. The lowest BCUT2D eigenvalue weighted by Gasteiger charge is -2.46. The zero-order chi connectivity index (χ0) is 11.8. The van der Waals surface area contributed by atoms with Crippen LogP contribution in [0.4, 0.5) is 0 Å². The van der Waals surface area contributed by atoms with E-state index < -0.39 is 27.9 Å². The van der Waals surface area contributed by atoms with Crippen LogP contribution in [0.2, 0.25) is 0 Å². The Morgan fingerprint density at radius 1 is 1.07 bits per heavy atom. The van der Waals surface area contributed by atoms with Crippen LogP contribution in [-0.4, -0.2) is 22.2 Å². The van der Waals surface area contributed by atoms with Gasteiger partial charge in [-0.3, -0.25) is 10.1 Å². The Morgan fingerprint density at radius 2 is 1.36 bits per heavy atom. The first-order chi connectivity index (χ1) is 5.92. The first kappa shape index (κ1) is 13.4. The smallest absolute Gasteiger partial charge is 0.233 e. The average Bonchev–Trinajstić information content (AvgIpc) is 1.79. The van der Waals surface area contributed by atoms with Gasteiger partial charge in [-0.1, -0.05) is 41.5 Å². The fraction of sp³-hybridized carbons (Fsp3) is 1.00. The van der Waals surface area contributed by atoms with Crippen LogP contribution in [0.3, 0.4) is 0 Å². The largest absolute Gasteiger partial charge is 0.382 e. The molecule has 4 heteroatoms. The van der Waals surface area contributed by atoms with Crippen molar-refractivity contribution in [1.29, 1.82) is 0 Å². The second kappa shape index (κ2) is 3.50. The van der Waals surface area contributed by atoms with Crippen molar-refractivity contribution in [2.45, 2.75) is 47.1 Å². The van der Waals surface area contributed by atoms with Gasteiger partial charge in [0.25, 0.3) is 0 Å². The summed E-state index contributed by atoms with van der Waals surface area (Å²) in [7, 11) is 0. The summed E-state index contributed by atoms with van der Waals surface area (Å²) in [4.78, 5) is 10.1. The number of nitrogens with zero attached hydrogens (tertiary/aromatic N) is 1. The molecule has 84 valence electrons. The summed E-state index contributed by atoms with van der Waals surface area (Å²) in [5.74, 6) is 0. The zero-order valence-electron chi connectivity index (χ0n) is 9.92. The van der Waals surface area contributed by atoms with Crippen molar-refractivity contribution in [3.8, 4) is 0 Å². The molecule has 0 unspecified atom stereocenters. The zero-order valence-corrected chi connectivity index (χ0v) is 9.92. The van der Waals surface area contributed by atoms with E-state index in [2.05, 4.69) is 0 Å². The fourth-order valence-corrected chi connectivity index (χ4v) is 1.79. The Hall–Kier alpha value is -0.640. The van der Waals surface area contributed by atoms with Crippen LogP contribution in [-0.2, 0) is 0 Å². The highest BCUT2D eigenvalue weighted by Crippen LogP contribution is 2.43. The van der Waals surface area contributed by atoms with Crippen LogP contribution < -0.4 is 0 Å². The van der Waals surface area contributed by atoms with Crippen molar-refractivity contribution in [3.63, 3.8) is 0 Å². The molecule has 0 amide bonds. The van der Waals surface area contributed by atoms with Crippen molar-refractivity contribution in [3.05, 3.63) is 10.1 Å². The number of nitro groups is 1. The normalized spacial score (nSPS) is 14.2. The van der Waals surface area contributed by atoms with Crippen LogP contribution in [0.25, 0.3) is 0 Å². The Labute approximate surface area is 85.5 Å². The molecule has 0 heterocycles. The van der Waals surface area contributed by atoms with E-state index in [1.807, 2.05) is 41.5 Å². The Kier molecular flexibility index (Phi) is 3.34. The Bertz CT molecular complexity index is 209. The standard InChI is InChI=1S/C10H21NO3/c1-8(2,3)10(12,7-11(13)14)9(4,5)6/h12H,7H2,1-6H3. The van der Waals surface area contributed by atoms with Crippen LogP contribution >= 0.6 is 0 Å². The highest BCUT2D eigenvalue weighted by molar-refractivity contribution is 4.99. The SMILES string of the molecule is CC(C)(C)C(O)(C[N+](=O)[O-])C(C)(C)C. The van der Waals surface area contributed by atoms with E-state index in [0.29, 0.717) is 0 Å². The predicted octanol–water partition coefficient (Wildman–Crippen LogP) is 2.09. The minimum atomic E-state index is -1.30. The summed E-state index contributed by atoms with van der Waals surface area (Å²) < 4.78 is 0. The van der Waals surface area contributed by atoms with Gasteiger partial charge in [-0.05, 0) is 10.8 Å². The molecule has 14 heavy (non-hydrogen) atoms. The number of hydrogen-bond donors (Lipinski definition) is 1. The van der Waals surface area contributed by atoms with Crippen molar-refractivity contribution in [1.82, 2.24) is 0 Å². The number of hydrogen-bond acceptors (Lipinski definition) is 3. The van der Waals surface area contributed by atoms with Gasteiger partial charge in [-0.2, -0.15) is 0 Å². The molecule has 0 aromatic heterocycles. The second-order valence-electron chi connectivity index (χ2n) is 5.85. The van der Waals surface area contributed by atoms with E-state index >= 15 is 0 Å². The van der Waals surface area contributed by atoms with Crippen molar-refractivity contribution >= 4 is 0 Å². The Balaban J connectivity index is 5.18. The third-order valence-electron chi connectivity index (χ3n) is 2.84. The highest BCUT2D eigenvalue weighted by Gasteiger charge is 2.53. The number of aliphatic hydroxyl groups is 1. The van der Waals surface area contributed by atoms with Gasteiger partial charge in [-0.15, -0.1) is 0 Å². The van der Waals surface area contributed by atoms with Gasteiger partial charge in [0.2, 0.25) is 6.54 Å². The van der Waals surface area contributed by atoms with Crippen molar-refractivity contribution in [2.24, 2.45) is 10.8 Å². The highest BCUT2D eigenvalue weighted by atomic mass is 16.6. The van der Waals surface area contributed by atoms with Gasteiger partial charge < -0.3 is 5.11 Å². The first-order valence-electron chi connectivity index (χ1n) is 4.76. The fourth-order valence-electron chi connectivity index (χ4n) is 1.79. The van der Waals surface area contributed by atoms with E-state index in [1.54, 1.807) is 0 Å². The molecule has 0 aromatic rings. The van der Waals surface area contributed by atoms with Gasteiger partial charge in [0.15, 0.2) is 0 Å². The molecular weight excluding hydrogens is 182 g/mol. The van der Waals surface area contributed by atoms with E-state index in [9.17, 15) is 15.2 Å². The summed E-state index contributed by atoms with van der Waals surface area (Å²) >= 11 is 0. The molecule has 0 aliphatic rings. The molecule has 0 radical (unpaired) electrons. The summed E-state index contributed by atoms with van der Waals surface area (Å²) in [5, 5.41) is 21.0. The minimum Gasteiger partial charge on any atom is -0.382 e. The quantitative estimate of drug-likeness (QED) is 0.552. The topological polar surface area (TPSA) is 63.4 Å². The lowest BCUT2D eigenvalue weighted by molar-refractivity contribution is -0.512. The van der Waals surface area contributed by atoms with Crippen LogP contribution in [0.15, 0.2) is 0 Å². The molecule has 0 fully saturated rings. The molecule has 4 nitrogen and oxygen atoms in total. The lowest BCUT2D eigenvalue weighted by atomic mass is 9.62. The van der Waals surface area contributed by atoms with Gasteiger partial charge >= 0.3 is 0 Å². The molecule has 0 spiro atoms. The first-order valence-corrected chi connectivity index (χ1v) is 4.76. The van der Waals surface area contributed by atoms with Crippen LogP contribution in [0.5, 0.6) is 0 Å². The maximum atomic E-state index is 10.6. The summed E-state index contributed by atoms with van der Waals surface area (Å²) in [6.45, 7) is 10.5. The molecule has 0 saturated carbocycles. The van der Waals surface area contributed by atoms with Gasteiger partial charge in [0, 0.05) is 4.92 Å². The maximum absolute atomic E-state index is 10.6. The average molecular weight is 203 g/mol. The molecule has 0 atom stereocenters. The van der Waals surface area contributed by atoms with Crippen molar-refractivity contribution < 1.29 is 10.0 Å². The molecule has 0 aliphatic heterocycles. The van der Waals surface area contributed by atoms with E-state index in [0.717, 1.165) is 0 Å². The summed E-state index contributed by atoms with van der Waals surface area (Å²) in [6, 6.07) is 0. The second-order valence-corrected chi connectivity index (χ2v) is 5.85. The van der Waals surface area contributed by atoms with E-state index in [-0.39, 0.29) is 0 Å². The summed E-state index contributed by atoms with van der Waals surface area (Å²) in [6.07, 6.45) is 0. The minimum absolute atomic E-state index is 0.417. The van der Waals surface area contributed by atoms with Crippen LogP contribution in [0.1, 0.15) is 41.5 Å². The molecule has 0 bridgehead atoms. The number of rotatable bonds is 2. The molecular formula is C10H21NO3. The third-order valence-corrected chi connectivity index (χ3v) is 2.84. The van der Waals surface area contributed by atoms with Gasteiger partial charge in [0.05, 0.1) is 0 Å². The third kappa shape index (κ3) is 2.44. The van der Waals surface area contributed by atoms with E-state index in [4.69, 9.17) is 0 Å². The predicted molar refractivity (Wildman–Crippen MR) is 55.7 cm³/mol. The molecule has 0 aromatic carbocycles. The summed E-state index contributed by atoms with van der Waals surface area (Å²) in [5.41, 5.74) is -2.33. The van der Waals surface area contributed by atoms with Crippen molar-refractivity contribution in [2.75, 3.05) is 6.54 Å². The van der Waals surface area contributed by atoms with Gasteiger partial charge in [-0.25, -0.2) is 0 Å². The van der Waals surface area contributed by atoms with Crippen LogP contribution in [0, 0.1) is 20.9 Å². The molecule has 0 rings (SSSR count). The monoisotopic (exact) mass is 203 g/mol. The maximum Gasteiger partial charge on any atom is 0.233 e.